The van der Waals surface area contributed by atoms with E-state index >= 15 is 0 Å². The molecule has 1 aromatic carbocycles. The Morgan fingerprint density at radius 2 is 2.20 bits per heavy atom. The highest BCUT2D eigenvalue weighted by Crippen LogP contribution is 2.29. The topological polar surface area (TPSA) is 93.7 Å². The standard InChI is InChI=1S/C18H22N2O5/c1-18(7-4-8-19-16(18)22)17(23)24-11-15(21)20-10-13-9-12-5-2-3-6-14(12)25-13/h2-3,5-6,13H,4,7-11H2,1H3,(H,19,22)(H,20,21). The summed E-state index contributed by atoms with van der Waals surface area (Å²) in [7, 11) is 0. The first-order valence-electron chi connectivity index (χ1n) is 8.46. The van der Waals surface area contributed by atoms with E-state index in [9.17, 15) is 14.4 Å². The van der Waals surface area contributed by atoms with Crippen LogP contribution < -0.4 is 15.4 Å². The van der Waals surface area contributed by atoms with Gasteiger partial charge >= 0.3 is 5.97 Å². The van der Waals surface area contributed by atoms with Crippen molar-refractivity contribution in [2.24, 2.45) is 5.41 Å². The number of hydrogen-bond acceptors (Lipinski definition) is 5. The van der Waals surface area contributed by atoms with E-state index in [2.05, 4.69) is 10.6 Å². The molecule has 0 saturated carbocycles. The molecule has 3 rings (SSSR count). The fraction of sp³-hybridized carbons (Fsp3) is 0.500. The molecule has 2 aliphatic rings. The Balaban J connectivity index is 1.41. The first-order valence-corrected chi connectivity index (χ1v) is 8.46. The molecule has 2 amide bonds. The second kappa shape index (κ2) is 7.13. The fourth-order valence-electron chi connectivity index (χ4n) is 3.08. The third-order valence-electron chi connectivity index (χ3n) is 4.67. The number of piperidine rings is 1. The Kier molecular flexibility index (Phi) is 4.92. The molecule has 1 fully saturated rings. The van der Waals surface area contributed by atoms with Crippen LogP contribution in [0, 0.1) is 5.41 Å². The van der Waals surface area contributed by atoms with Crippen LogP contribution in [-0.4, -0.2) is 43.6 Å². The monoisotopic (exact) mass is 346 g/mol. The molecular weight excluding hydrogens is 324 g/mol. The predicted octanol–water partition coefficient (Wildman–Crippen LogP) is 0.566. The lowest BCUT2D eigenvalue weighted by molar-refractivity contribution is -0.164. The van der Waals surface area contributed by atoms with E-state index in [0.29, 0.717) is 25.9 Å². The lowest BCUT2D eigenvalue weighted by atomic mass is 9.82. The third-order valence-corrected chi connectivity index (χ3v) is 4.67. The van der Waals surface area contributed by atoms with Gasteiger partial charge in [0.15, 0.2) is 6.61 Å². The highest BCUT2D eigenvalue weighted by Gasteiger charge is 2.44. The van der Waals surface area contributed by atoms with Gasteiger partial charge in [-0.25, -0.2) is 0 Å². The molecule has 7 heteroatoms. The summed E-state index contributed by atoms with van der Waals surface area (Å²) in [5, 5.41) is 5.36. The van der Waals surface area contributed by atoms with Gasteiger partial charge in [-0.1, -0.05) is 18.2 Å². The van der Waals surface area contributed by atoms with Crippen molar-refractivity contribution in [1.82, 2.24) is 10.6 Å². The number of ether oxygens (including phenoxy) is 2. The van der Waals surface area contributed by atoms with Gasteiger partial charge in [-0.3, -0.25) is 14.4 Å². The zero-order valence-corrected chi connectivity index (χ0v) is 14.2. The van der Waals surface area contributed by atoms with Crippen LogP contribution in [0.2, 0.25) is 0 Å². The number of hydrogen-bond donors (Lipinski definition) is 2. The summed E-state index contributed by atoms with van der Waals surface area (Å²) >= 11 is 0. The van der Waals surface area contributed by atoms with Crippen molar-refractivity contribution < 1.29 is 23.9 Å². The van der Waals surface area contributed by atoms with Gasteiger partial charge in [0.25, 0.3) is 5.91 Å². The summed E-state index contributed by atoms with van der Waals surface area (Å²) in [4.78, 5) is 35.9. The van der Waals surface area contributed by atoms with E-state index in [0.717, 1.165) is 17.7 Å². The molecule has 2 aliphatic heterocycles. The van der Waals surface area contributed by atoms with Crippen molar-refractivity contribution in [2.75, 3.05) is 19.7 Å². The zero-order chi connectivity index (χ0) is 17.9. The van der Waals surface area contributed by atoms with E-state index in [4.69, 9.17) is 9.47 Å². The van der Waals surface area contributed by atoms with Gasteiger partial charge in [0, 0.05) is 13.0 Å². The van der Waals surface area contributed by atoms with Crippen molar-refractivity contribution in [3.05, 3.63) is 29.8 Å². The van der Waals surface area contributed by atoms with Crippen LogP contribution in [0.15, 0.2) is 24.3 Å². The van der Waals surface area contributed by atoms with Crippen LogP contribution in [0.5, 0.6) is 5.75 Å². The van der Waals surface area contributed by atoms with E-state index in [1.54, 1.807) is 6.92 Å². The molecule has 2 heterocycles. The number of benzene rings is 1. The maximum Gasteiger partial charge on any atom is 0.321 e. The number of amides is 2. The molecule has 0 radical (unpaired) electrons. The summed E-state index contributed by atoms with van der Waals surface area (Å²) in [6, 6.07) is 7.75. The van der Waals surface area contributed by atoms with Gasteiger partial charge in [-0.15, -0.1) is 0 Å². The second-order valence-corrected chi connectivity index (χ2v) is 6.62. The maximum absolute atomic E-state index is 12.2. The minimum absolute atomic E-state index is 0.126. The van der Waals surface area contributed by atoms with Gasteiger partial charge in [-0.2, -0.15) is 0 Å². The molecule has 2 N–H and O–H groups in total. The number of carbonyl (C=O) groups excluding carboxylic acids is 3. The molecule has 25 heavy (non-hydrogen) atoms. The molecule has 0 bridgehead atoms. The molecule has 1 aromatic rings. The highest BCUT2D eigenvalue weighted by atomic mass is 16.5. The lowest BCUT2D eigenvalue weighted by Crippen LogP contribution is -2.50. The second-order valence-electron chi connectivity index (χ2n) is 6.62. The average molecular weight is 346 g/mol. The summed E-state index contributed by atoms with van der Waals surface area (Å²) in [6.07, 6.45) is 1.74. The van der Waals surface area contributed by atoms with Crippen molar-refractivity contribution in [3.8, 4) is 5.75 Å². The van der Waals surface area contributed by atoms with Crippen LogP contribution in [0.1, 0.15) is 25.3 Å². The van der Waals surface area contributed by atoms with E-state index in [1.165, 1.54) is 0 Å². The van der Waals surface area contributed by atoms with Crippen molar-refractivity contribution in [3.63, 3.8) is 0 Å². The molecule has 2 atom stereocenters. The summed E-state index contributed by atoms with van der Waals surface area (Å²) in [5.41, 5.74) is -0.0984. The minimum Gasteiger partial charge on any atom is -0.488 e. The molecule has 0 spiro atoms. The molecule has 0 aromatic heterocycles. The first kappa shape index (κ1) is 17.3. The predicted molar refractivity (Wildman–Crippen MR) is 88.9 cm³/mol. The summed E-state index contributed by atoms with van der Waals surface area (Å²) < 4.78 is 10.8. The third kappa shape index (κ3) is 3.75. The van der Waals surface area contributed by atoms with Gasteiger partial charge in [-0.05, 0) is 31.4 Å². The summed E-state index contributed by atoms with van der Waals surface area (Å²) in [5.74, 6) is -0.581. The van der Waals surface area contributed by atoms with E-state index < -0.39 is 23.9 Å². The molecule has 0 aliphatic carbocycles. The first-order chi connectivity index (χ1) is 12.0. The molecule has 2 unspecified atom stereocenters. The van der Waals surface area contributed by atoms with Crippen molar-refractivity contribution in [1.29, 1.82) is 0 Å². The summed E-state index contributed by atoms with van der Waals surface area (Å²) in [6.45, 7) is 2.04. The Morgan fingerprint density at radius 3 is 2.96 bits per heavy atom. The number of carbonyl (C=O) groups is 3. The van der Waals surface area contributed by atoms with Crippen LogP contribution in [0.3, 0.4) is 0 Å². The molecule has 7 nitrogen and oxygen atoms in total. The molecule has 1 saturated heterocycles. The van der Waals surface area contributed by atoms with Crippen LogP contribution >= 0.6 is 0 Å². The fourth-order valence-corrected chi connectivity index (χ4v) is 3.08. The Labute approximate surface area is 146 Å². The Bertz CT molecular complexity index is 665. The number of nitrogens with one attached hydrogen (secondary N) is 2. The van der Waals surface area contributed by atoms with Crippen molar-refractivity contribution >= 4 is 17.8 Å². The smallest absolute Gasteiger partial charge is 0.321 e. The van der Waals surface area contributed by atoms with Gasteiger partial charge in [0.2, 0.25) is 5.91 Å². The largest absolute Gasteiger partial charge is 0.488 e. The molecule has 134 valence electrons. The minimum atomic E-state index is -1.21. The number of esters is 1. The van der Waals surface area contributed by atoms with E-state index in [1.807, 2.05) is 24.3 Å². The zero-order valence-electron chi connectivity index (χ0n) is 14.2. The van der Waals surface area contributed by atoms with Crippen LogP contribution in [0.25, 0.3) is 0 Å². The van der Waals surface area contributed by atoms with Gasteiger partial charge in [0.05, 0.1) is 6.54 Å². The number of fused-ring (bicyclic) bond motifs is 1. The maximum atomic E-state index is 12.2. The molecular formula is C18H22N2O5. The highest BCUT2D eigenvalue weighted by molar-refractivity contribution is 6.03. The Morgan fingerprint density at radius 1 is 1.40 bits per heavy atom. The van der Waals surface area contributed by atoms with E-state index in [-0.39, 0.29) is 12.0 Å². The Hall–Kier alpha value is -2.57. The quantitative estimate of drug-likeness (QED) is 0.600. The van der Waals surface area contributed by atoms with Crippen LogP contribution in [-0.2, 0) is 25.5 Å². The number of rotatable bonds is 5. The number of para-hydroxylation sites is 1. The van der Waals surface area contributed by atoms with Gasteiger partial charge in [0.1, 0.15) is 17.3 Å². The normalized spacial score (nSPS) is 24.7. The average Bonchev–Trinajstić information content (AvgIpc) is 3.03. The van der Waals surface area contributed by atoms with Gasteiger partial charge < -0.3 is 20.1 Å². The van der Waals surface area contributed by atoms with Crippen molar-refractivity contribution in [2.45, 2.75) is 32.3 Å². The SMILES string of the molecule is CC1(C(=O)OCC(=O)NCC2Cc3ccccc3O2)CCCNC1=O. The lowest BCUT2D eigenvalue weighted by Gasteiger charge is -2.29. The van der Waals surface area contributed by atoms with Crippen LogP contribution in [0.4, 0.5) is 0 Å².